The van der Waals surface area contributed by atoms with E-state index < -0.39 is 5.41 Å². The maximum absolute atomic E-state index is 2.49. The minimum absolute atomic E-state index is 0.110. The van der Waals surface area contributed by atoms with E-state index in [0.717, 1.165) is 0 Å². The van der Waals surface area contributed by atoms with E-state index in [0.29, 0.717) is 0 Å². The fourth-order valence-electron chi connectivity index (χ4n) is 7.30. The Morgan fingerprint density at radius 3 is 1.72 bits per heavy atom. The predicted octanol–water partition coefficient (Wildman–Crippen LogP) is 10.2. The first-order chi connectivity index (χ1) is 19.1. The topological polar surface area (TPSA) is 0 Å². The quantitative estimate of drug-likeness (QED) is 0.214. The zero-order chi connectivity index (χ0) is 26.2. The van der Waals surface area contributed by atoms with Crippen LogP contribution in [0.2, 0.25) is 0 Å². The average molecular weight is 517 g/mol. The van der Waals surface area contributed by atoms with Crippen LogP contribution < -0.4 is 0 Å². The molecule has 1 heteroatoms. The molecule has 1 aliphatic rings. The molecule has 7 aromatic rings. The first-order valence-electron chi connectivity index (χ1n) is 13.7. The van der Waals surface area contributed by atoms with Crippen LogP contribution in [-0.4, -0.2) is 0 Å². The van der Waals surface area contributed by atoms with Crippen LogP contribution in [0.15, 0.2) is 133 Å². The lowest BCUT2D eigenvalue weighted by Crippen LogP contribution is -2.41. The summed E-state index contributed by atoms with van der Waals surface area (Å²) >= 11 is 1.94. The van der Waals surface area contributed by atoms with Crippen molar-refractivity contribution in [3.63, 3.8) is 0 Å². The summed E-state index contributed by atoms with van der Waals surface area (Å²) in [6, 6.07) is 49.9. The highest BCUT2D eigenvalue weighted by Crippen LogP contribution is 2.58. The number of fused-ring (bicyclic) bond motifs is 7. The molecule has 186 valence electrons. The van der Waals surface area contributed by atoms with Gasteiger partial charge in [-0.05, 0) is 56.3 Å². The summed E-state index contributed by atoms with van der Waals surface area (Å²) in [7, 11) is 0. The Morgan fingerprint density at radius 2 is 1.03 bits per heavy atom. The fraction of sp³-hybridized carbons (Fsp3) is 0.105. The number of thiophene rings is 1. The third-order valence-electron chi connectivity index (χ3n) is 8.99. The number of rotatable bonds is 2. The van der Waals surface area contributed by atoms with E-state index in [-0.39, 0.29) is 5.41 Å². The first-order valence-corrected chi connectivity index (χ1v) is 14.5. The van der Waals surface area contributed by atoms with Gasteiger partial charge in [-0.2, -0.15) is 0 Å². The van der Waals surface area contributed by atoms with E-state index in [4.69, 9.17) is 0 Å². The highest BCUT2D eigenvalue weighted by atomic mass is 32.1. The van der Waals surface area contributed by atoms with Gasteiger partial charge in [-0.15, -0.1) is 11.3 Å². The van der Waals surface area contributed by atoms with Crippen LogP contribution in [0.25, 0.3) is 30.9 Å². The molecule has 0 amide bonds. The molecule has 8 rings (SSSR count). The minimum Gasteiger partial charge on any atom is -0.135 e. The molecule has 0 saturated heterocycles. The largest absolute Gasteiger partial charge is 0.135 e. The molecule has 0 N–H and O–H groups in total. The maximum Gasteiger partial charge on any atom is 0.0721 e. The summed E-state index contributed by atoms with van der Waals surface area (Å²) < 4.78 is 2.72. The summed E-state index contributed by atoms with van der Waals surface area (Å²) in [6.45, 7) is 4.77. The van der Waals surface area contributed by atoms with E-state index in [1.54, 1.807) is 0 Å². The van der Waals surface area contributed by atoms with Gasteiger partial charge in [-0.25, -0.2) is 0 Å². The van der Waals surface area contributed by atoms with Crippen molar-refractivity contribution in [2.45, 2.75) is 24.7 Å². The van der Waals surface area contributed by atoms with Gasteiger partial charge in [0.1, 0.15) is 0 Å². The second kappa shape index (κ2) is 8.15. The fourth-order valence-corrected chi connectivity index (χ4v) is 8.59. The Labute approximate surface area is 233 Å². The van der Waals surface area contributed by atoms with Crippen molar-refractivity contribution >= 4 is 42.3 Å². The minimum atomic E-state index is -0.451. The van der Waals surface area contributed by atoms with Crippen LogP contribution in [-0.2, 0) is 10.8 Å². The van der Waals surface area contributed by atoms with E-state index in [2.05, 4.69) is 147 Å². The second-order valence-electron chi connectivity index (χ2n) is 11.3. The molecule has 0 nitrogen and oxygen atoms in total. The molecule has 0 bridgehead atoms. The van der Waals surface area contributed by atoms with Crippen LogP contribution in [0.3, 0.4) is 0 Å². The Kier molecular flexibility index (Phi) is 4.75. The SMILES string of the molecule is CC1(C)c2ccccc2C(c2ccccc2)(c2cc3ccccc3c3c2sc2ccccc23)c2ccccc21. The van der Waals surface area contributed by atoms with E-state index >= 15 is 0 Å². The van der Waals surface area contributed by atoms with Crippen molar-refractivity contribution in [3.8, 4) is 0 Å². The smallest absolute Gasteiger partial charge is 0.0721 e. The van der Waals surface area contributed by atoms with Crippen molar-refractivity contribution in [1.82, 2.24) is 0 Å². The molecule has 39 heavy (non-hydrogen) atoms. The third kappa shape index (κ3) is 2.94. The number of hydrogen-bond acceptors (Lipinski definition) is 1. The monoisotopic (exact) mass is 516 g/mol. The van der Waals surface area contributed by atoms with Gasteiger partial charge in [0.05, 0.1) is 5.41 Å². The van der Waals surface area contributed by atoms with Gasteiger partial charge >= 0.3 is 0 Å². The lowest BCUT2D eigenvalue weighted by Gasteiger charge is -2.48. The van der Waals surface area contributed by atoms with Crippen LogP contribution >= 0.6 is 11.3 Å². The predicted molar refractivity (Wildman–Crippen MR) is 167 cm³/mol. The van der Waals surface area contributed by atoms with Crippen molar-refractivity contribution in [1.29, 1.82) is 0 Å². The zero-order valence-corrected chi connectivity index (χ0v) is 22.9. The molecule has 0 spiro atoms. The molecule has 6 aromatic carbocycles. The molecule has 1 aromatic heterocycles. The average Bonchev–Trinajstić information content (AvgIpc) is 3.38. The van der Waals surface area contributed by atoms with Crippen molar-refractivity contribution in [3.05, 3.63) is 167 Å². The second-order valence-corrected chi connectivity index (χ2v) is 12.3. The van der Waals surface area contributed by atoms with E-state index in [9.17, 15) is 0 Å². The van der Waals surface area contributed by atoms with Crippen LogP contribution in [0, 0.1) is 0 Å². The van der Waals surface area contributed by atoms with Gasteiger partial charge < -0.3 is 0 Å². The van der Waals surface area contributed by atoms with Gasteiger partial charge in [0, 0.05) is 25.6 Å². The van der Waals surface area contributed by atoms with Gasteiger partial charge in [0.25, 0.3) is 0 Å². The summed E-state index contributed by atoms with van der Waals surface area (Å²) in [6.07, 6.45) is 0. The molecule has 0 radical (unpaired) electrons. The van der Waals surface area contributed by atoms with E-state index in [1.165, 1.54) is 64.3 Å². The maximum atomic E-state index is 2.49. The molecule has 0 fully saturated rings. The number of hydrogen-bond donors (Lipinski definition) is 0. The molecule has 0 aliphatic heterocycles. The molecule has 0 unspecified atom stereocenters. The van der Waals surface area contributed by atoms with Crippen molar-refractivity contribution in [2.75, 3.05) is 0 Å². The molecular formula is C38H28S. The van der Waals surface area contributed by atoms with Gasteiger partial charge in [0.2, 0.25) is 0 Å². The Bertz CT molecular complexity index is 1990. The Hall–Kier alpha value is -4.20. The normalized spacial score (nSPS) is 15.3. The third-order valence-corrected chi connectivity index (χ3v) is 10.2. The van der Waals surface area contributed by atoms with Crippen LogP contribution in [0.5, 0.6) is 0 Å². The number of benzene rings is 6. The summed E-state index contributed by atoms with van der Waals surface area (Å²) in [4.78, 5) is 0. The van der Waals surface area contributed by atoms with Crippen LogP contribution in [0.1, 0.15) is 47.2 Å². The standard InChI is InChI=1S/C38H28S/c1-37(2)29-19-9-11-21-31(29)38(26-15-4-3-5-16-26,32-22-12-10-20-30(32)37)33-24-25-14-6-7-17-27(25)35-28-18-8-13-23-34(28)39-36(33)35/h3-24H,1-2H3. The molecule has 1 aliphatic carbocycles. The molecule has 1 heterocycles. The first kappa shape index (κ1) is 22.8. The van der Waals surface area contributed by atoms with Gasteiger partial charge in [-0.1, -0.05) is 135 Å². The molecular weight excluding hydrogens is 488 g/mol. The summed E-state index contributed by atoms with van der Waals surface area (Å²) in [5, 5.41) is 5.34. The highest BCUT2D eigenvalue weighted by molar-refractivity contribution is 7.26. The molecule has 0 saturated carbocycles. The van der Waals surface area contributed by atoms with Crippen LogP contribution in [0.4, 0.5) is 0 Å². The lowest BCUT2D eigenvalue weighted by molar-refractivity contribution is 0.560. The zero-order valence-electron chi connectivity index (χ0n) is 22.1. The van der Waals surface area contributed by atoms with Crippen molar-refractivity contribution < 1.29 is 0 Å². The van der Waals surface area contributed by atoms with Gasteiger partial charge in [0.15, 0.2) is 0 Å². The molecule has 0 atom stereocenters. The Morgan fingerprint density at radius 1 is 0.487 bits per heavy atom. The highest BCUT2D eigenvalue weighted by Gasteiger charge is 2.49. The Balaban J connectivity index is 1.67. The van der Waals surface area contributed by atoms with E-state index in [1.807, 2.05) is 11.3 Å². The lowest BCUT2D eigenvalue weighted by atomic mass is 9.54. The summed E-state index contributed by atoms with van der Waals surface area (Å²) in [5.74, 6) is 0. The van der Waals surface area contributed by atoms with Crippen molar-refractivity contribution in [2.24, 2.45) is 0 Å². The summed E-state index contributed by atoms with van der Waals surface area (Å²) in [5.41, 5.74) is 7.69. The van der Waals surface area contributed by atoms with Gasteiger partial charge in [-0.3, -0.25) is 0 Å².